The van der Waals surface area contributed by atoms with Crippen LogP contribution in [0.4, 0.5) is 0 Å². The van der Waals surface area contributed by atoms with Crippen LogP contribution in [-0.2, 0) is 18.6 Å². The Labute approximate surface area is 135 Å². The molecule has 0 rings (SSSR count). The van der Waals surface area contributed by atoms with Crippen LogP contribution in [0.5, 0.6) is 0 Å². The minimum Gasteiger partial charge on any atom is -0.790 e. The predicted octanol–water partition coefficient (Wildman–Crippen LogP) is -1.79. The molecule has 0 aromatic carbocycles. The third kappa shape index (κ3) is 10.7. The van der Waals surface area contributed by atoms with E-state index in [1.54, 1.807) is 13.8 Å². The minimum absolute atomic E-state index is 0. The van der Waals surface area contributed by atoms with Crippen LogP contribution in [0.15, 0.2) is 0 Å². The van der Waals surface area contributed by atoms with Crippen molar-refractivity contribution in [2.24, 2.45) is 0 Å². The number of ether oxygens (including phenoxy) is 2. The van der Waals surface area contributed by atoms with Gasteiger partial charge in [0.25, 0.3) is 0 Å². The Morgan fingerprint density at radius 1 is 1.25 bits per heavy atom. The average molecular weight is 379 g/mol. The third-order valence-corrected chi connectivity index (χ3v) is 1.84. The second kappa shape index (κ2) is 10.5. The molecular formula is C7H15BaO7P. The summed E-state index contributed by atoms with van der Waals surface area (Å²) in [7, 11) is -5.07. The van der Waals surface area contributed by atoms with Crippen LogP contribution >= 0.6 is 7.82 Å². The molecule has 0 amide bonds. The maximum atomic E-state index is 10.1. The summed E-state index contributed by atoms with van der Waals surface area (Å²) >= 11 is 0. The fourth-order valence-corrected chi connectivity index (χ4v) is 1.18. The van der Waals surface area contributed by atoms with E-state index in [0.29, 0.717) is 0 Å². The molecule has 1 atom stereocenters. The smallest absolute Gasteiger partial charge is 0.790 e. The van der Waals surface area contributed by atoms with Gasteiger partial charge < -0.3 is 33.5 Å². The van der Waals surface area contributed by atoms with E-state index in [-0.39, 0.29) is 62.1 Å². The van der Waals surface area contributed by atoms with Crippen LogP contribution in [-0.4, -0.2) is 86.2 Å². The van der Waals surface area contributed by atoms with Gasteiger partial charge in [0.1, 0.15) is 6.10 Å². The number of aliphatic hydroxyl groups excluding tert-OH is 1. The normalized spacial score (nSPS) is 13.6. The van der Waals surface area contributed by atoms with E-state index in [4.69, 9.17) is 9.47 Å². The van der Waals surface area contributed by atoms with Gasteiger partial charge in [0.05, 0.1) is 14.4 Å². The molecule has 0 aliphatic carbocycles. The maximum Gasteiger partial charge on any atom is 2.00 e. The summed E-state index contributed by atoms with van der Waals surface area (Å²) in [6.07, 6.45) is -2.31. The molecule has 0 fully saturated rings. The topological polar surface area (TPSA) is 111 Å². The molecule has 92 valence electrons. The first kappa shape index (κ1) is 19.9. The van der Waals surface area contributed by atoms with E-state index >= 15 is 0 Å². The van der Waals surface area contributed by atoms with Crippen molar-refractivity contribution in [3.05, 3.63) is 0 Å². The van der Waals surface area contributed by atoms with Gasteiger partial charge in [-0.25, -0.2) is 0 Å². The SMILES string of the molecule is CCOC(OCC)C(O)COP(=O)([O-])[O-].[Ba+2]. The summed E-state index contributed by atoms with van der Waals surface area (Å²) in [5.74, 6) is 0. The number of hydrogen-bond acceptors (Lipinski definition) is 7. The fraction of sp³-hybridized carbons (Fsp3) is 1.00. The summed E-state index contributed by atoms with van der Waals surface area (Å²) < 4.78 is 24.0. The van der Waals surface area contributed by atoms with Crippen LogP contribution in [0.1, 0.15) is 13.8 Å². The van der Waals surface area contributed by atoms with Gasteiger partial charge in [-0.2, -0.15) is 0 Å². The average Bonchev–Trinajstić information content (AvgIpc) is 2.13. The van der Waals surface area contributed by atoms with Crippen molar-refractivity contribution in [3.63, 3.8) is 0 Å². The van der Waals surface area contributed by atoms with E-state index in [0.717, 1.165) is 0 Å². The first-order valence-electron chi connectivity index (χ1n) is 4.48. The second-order valence-electron chi connectivity index (χ2n) is 2.59. The summed E-state index contributed by atoms with van der Waals surface area (Å²) in [4.78, 5) is 20.3. The Hall–Kier alpha value is 1.56. The zero-order chi connectivity index (χ0) is 11.9. The maximum absolute atomic E-state index is 10.1. The van der Waals surface area contributed by atoms with Crippen molar-refractivity contribution < 1.29 is 33.5 Å². The first-order valence-corrected chi connectivity index (χ1v) is 5.94. The van der Waals surface area contributed by atoms with Crippen LogP contribution in [0.2, 0.25) is 0 Å². The number of aliphatic hydroxyl groups is 1. The molecule has 1 N–H and O–H groups in total. The van der Waals surface area contributed by atoms with Gasteiger partial charge in [-0.15, -0.1) is 0 Å². The van der Waals surface area contributed by atoms with Crippen LogP contribution in [0.25, 0.3) is 0 Å². The molecule has 0 saturated carbocycles. The summed E-state index contributed by atoms with van der Waals surface area (Å²) in [6, 6.07) is 0. The van der Waals surface area contributed by atoms with Crippen LogP contribution in [0, 0.1) is 0 Å². The quantitative estimate of drug-likeness (QED) is 0.301. The molecule has 0 aromatic rings. The van der Waals surface area contributed by atoms with Crippen molar-refractivity contribution in [2.45, 2.75) is 26.2 Å². The van der Waals surface area contributed by atoms with Crippen molar-refractivity contribution in [2.75, 3.05) is 19.8 Å². The Balaban J connectivity index is 0. The molecule has 0 aliphatic rings. The first-order chi connectivity index (χ1) is 6.90. The molecule has 1 unspecified atom stereocenters. The zero-order valence-electron chi connectivity index (χ0n) is 9.33. The molecular weight excluding hydrogens is 364 g/mol. The number of phosphoric acid groups is 1. The van der Waals surface area contributed by atoms with E-state index in [1.165, 1.54) is 0 Å². The molecule has 7 nitrogen and oxygen atoms in total. The zero-order valence-corrected chi connectivity index (χ0v) is 14.7. The monoisotopic (exact) mass is 380 g/mol. The summed E-state index contributed by atoms with van der Waals surface area (Å²) in [5, 5.41) is 9.36. The van der Waals surface area contributed by atoms with E-state index in [1.807, 2.05) is 0 Å². The van der Waals surface area contributed by atoms with Gasteiger partial charge in [0.15, 0.2) is 6.29 Å². The van der Waals surface area contributed by atoms with Crippen LogP contribution < -0.4 is 9.79 Å². The van der Waals surface area contributed by atoms with E-state index in [2.05, 4.69) is 4.52 Å². The van der Waals surface area contributed by atoms with Gasteiger partial charge >= 0.3 is 48.9 Å². The van der Waals surface area contributed by atoms with Crippen molar-refractivity contribution >= 4 is 56.7 Å². The molecule has 0 aromatic heterocycles. The standard InChI is InChI=1S/C7H17O7P.Ba/c1-3-12-7(13-4-2)6(8)5-14-15(9,10)11;/h6-8H,3-5H2,1-2H3,(H2,9,10,11);/q;+2/p-2. The van der Waals surface area contributed by atoms with Gasteiger partial charge in [-0.3, -0.25) is 0 Å². The van der Waals surface area contributed by atoms with E-state index < -0.39 is 26.8 Å². The number of rotatable bonds is 8. The summed E-state index contributed by atoms with van der Waals surface area (Å²) in [6.45, 7) is 3.27. The Kier molecular flexibility index (Phi) is 13.0. The Bertz CT molecular complexity index is 203. The minimum atomic E-state index is -5.07. The molecule has 0 aliphatic heterocycles. The Morgan fingerprint density at radius 2 is 1.69 bits per heavy atom. The molecule has 9 heteroatoms. The molecule has 0 heterocycles. The van der Waals surface area contributed by atoms with Crippen molar-refractivity contribution in [1.29, 1.82) is 0 Å². The third-order valence-electron chi connectivity index (χ3n) is 1.38. The molecule has 0 bridgehead atoms. The molecule has 0 spiro atoms. The summed E-state index contributed by atoms with van der Waals surface area (Å²) in [5.41, 5.74) is 0. The second-order valence-corrected chi connectivity index (χ2v) is 3.74. The van der Waals surface area contributed by atoms with Gasteiger partial charge in [-0.05, 0) is 13.8 Å². The van der Waals surface area contributed by atoms with Crippen molar-refractivity contribution in [1.82, 2.24) is 0 Å². The van der Waals surface area contributed by atoms with Crippen LogP contribution in [0.3, 0.4) is 0 Å². The van der Waals surface area contributed by atoms with Gasteiger partial charge in [-0.1, -0.05) is 0 Å². The molecule has 16 heavy (non-hydrogen) atoms. The van der Waals surface area contributed by atoms with E-state index in [9.17, 15) is 19.5 Å². The van der Waals surface area contributed by atoms with Gasteiger partial charge in [0.2, 0.25) is 0 Å². The Morgan fingerprint density at radius 3 is 2.00 bits per heavy atom. The molecule has 0 radical (unpaired) electrons. The van der Waals surface area contributed by atoms with Crippen molar-refractivity contribution in [3.8, 4) is 0 Å². The molecule has 0 saturated heterocycles. The number of hydrogen-bond donors (Lipinski definition) is 1. The fourth-order valence-electron chi connectivity index (χ4n) is 0.845. The number of phosphoric ester groups is 1. The van der Waals surface area contributed by atoms with Gasteiger partial charge in [0, 0.05) is 13.2 Å². The largest absolute Gasteiger partial charge is 2.00 e. The predicted molar refractivity (Wildman–Crippen MR) is 52.4 cm³/mol.